The molecule has 0 spiro atoms. The normalized spacial score (nSPS) is 13.6. The molecule has 1 aromatic heterocycles. The number of carbonyl (C=O) groups is 1. The number of hydrogen-bond donors (Lipinski definition) is 3. The maximum Gasteiger partial charge on any atom is 0.347 e. The fourth-order valence-corrected chi connectivity index (χ4v) is 3.35. The second-order valence-corrected chi connectivity index (χ2v) is 5.77. The van der Waals surface area contributed by atoms with E-state index in [1.54, 1.807) is 0 Å². The average Bonchev–Trinajstić information content (AvgIpc) is 2.63. The van der Waals surface area contributed by atoms with Crippen LogP contribution >= 0.6 is 11.3 Å². The van der Waals surface area contributed by atoms with Gasteiger partial charge in [-0.05, 0) is 18.4 Å². The van der Waals surface area contributed by atoms with E-state index in [1.807, 2.05) is 0 Å². The smallest absolute Gasteiger partial charge is 0.347 e. The Labute approximate surface area is 96.6 Å². The zero-order valence-electron chi connectivity index (χ0n) is 8.37. The molecule has 0 aliphatic carbocycles. The quantitative estimate of drug-likeness (QED) is 0.700. The summed E-state index contributed by atoms with van der Waals surface area (Å²) in [7, 11) is -3.87. The largest absolute Gasteiger partial charge is 0.477 e. The average molecular weight is 265 g/mol. The number of thiophene rings is 1. The Morgan fingerprint density at radius 2 is 2.25 bits per heavy atom. The van der Waals surface area contributed by atoms with Crippen molar-refractivity contribution in [2.45, 2.75) is 17.9 Å². The number of nitrogens with one attached hydrogen (secondary N) is 1. The molecule has 16 heavy (non-hydrogen) atoms. The standard InChI is InChI=1S/C8H11NO5S2/c1-5(10)4-9-16(13,14)6-2-3-15-7(6)8(11)12/h2-3,5,9-10H,4H2,1H3,(H,11,12). The van der Waals surface area contributed by atoms with Crippen molar-refractivity contribution in [1.29, 1.82) is 0 Å². The summed E-state index contributed by atoms with van der Waals surface area (Å²) in [4.78, 5) is 10.2. The van der Waals surface area contributed by atoms with Crippen LogP contribution in [-0.4, -0.2) is 37.2 Å². The van der Waals surface area contributed by atoms with Crippen LogP contribution in [0.3, 0.4) is 0 Å². The van der Waals surface area contributed by atoms with Gasteiger partial charge in [0.1, 0.15) is 9.77 Å². The maximum absolute atomic E-state index is 11.6. The summed E-state index contributed by atoms with van der Waals surface area (Å²) < 4.78 is 25.4. The molecule has 0 radical (unpaired) electrons. The lowest BCUT2D eigenvalue weighted by Gasteiger charge is -2.07. The molecule has 1 aromatic rings. The van der Waals surface area contributed by atoms with Crippen LogP contribution in [-0.2, 0) is 10.0 Å². The van der Waals surface area contributed by atoms with Gasteiger partial charge in [-0.1, -0.05) is 0 Å². The fourth-order valence-electron chi connectivity index (χ4n) is 0.973. The van der Waals surface area contributed by atoms with Gasteiger partial charge in [-0.15, -0.1) is 11.3 Å². The number of sulfonamides is 1. The van der Waals surface area contributed by atoms with E-state index >= 15 is 0 Å². The highest BCUT2D eigenvalue weighted by Crippen LogP contribution is 2.21. The molecule has 0 aliphatic rings. The topological polar surface area (TPSA) is 104 Å². The summed E-state index contributed by atoms with van der Waals surface area (Å²) >= 11 is 0.838. The predicted molar refractivity (Wildman–Crippen MR) is 58.1 cm³/mol. The Morgan fingerprint density at radius 3 is 2.75 bits per heavy atom. The predicted octanol–water partition coefficient (Wildman–Crippen LogP) is 0.105. The summed E-state index contributed by atoms with van der Waals surface area (Å²) in [5.74, 6) is -1.28. The van der Waals surface area contributed by atoms with E-state index in [-0.39, 0.29) is 16.3 Å². The molecule has 0 fully saturated rings. The van der Waals surface area contributed by atoms with Crippen molar-refractivity contribution in [2.75, 3.05) is 6.54 Å². The van der Waals surface area contributed by atoms with Crippen molar-refractivity contribution in [3.05, 3.63) is 16.3 Å². The number of hydrogen-bond acceptors (Lipinski definition) is 5. The zero-order valence-corrected chi connectivity index (χ0v) is 10.0. The van der Waals surface area contributed by atoms with Crippen LogP contribution in [0.5, 0.6) is 0 Å². The highest BCUT2D eigenvalue weighted by molar-refractivity contribution is 7.89. The Kier molecular flexibility index (Phi) is 4.03. The van der Waals surface area contributed by atoms with Gasteiger partial charge < -0.3 is 10.2 Å². The maximum atomic E-state index is 11.6. The van der Waals surface area contributed by atoms with Crippen LogP contribution in [0, 0.1) is 0 Å². The summed E-state index contributed by atoms with van der Waals surface area (Å²) in [5, 5.41) is 19.1. The SMILES string of the molecule is CC(O)CNS(=O)(=O)c1ccsc1C(=O)O. The first kappa shape index (κ1) is 13.1. The highest BCUT2D eigenvalue weighted by Gasteiger charge is 2.23. The van der Waals surface area contributed by atoms with Gasteiger partial charge in [0.2, 0.25) is 10.0 Å². The van der Waals surface area contributed by atoms with Gasteiger partial charge in [-0.2, -0.15) is 0 Å². The van der Waals surface area contributed by atoms with Gasteiger partial charge in [-0.25, -0.2) is 17.9 Å². The molecule has 90 valence electrons. The number of aromatic carboxylic acids is 1. The number of carboxylic acid groups (broad SMARTS) is 1. The molecule has 1 heterocycles. The minimum Gasteiger partial charge on any atom is -0.477 e. The first-order valence-corrected chi connectivity index (χ1v) is 6.69. The van der Waals surface area contributed by atoms with Crippen LogP contribution in [0.2, 0.25) is 0 Å². The Hall–Kier alpha value is -0.960. The van der Waals surface area contributed by atoms with E-state index in [0.717, 1.165) is 11.3 Å². The van der Waals surface area contributed by atoms with E-state index in [0.29, 0.717) is 0 Å². The van der Waals surface area contributed by atoms with E-state index < -0.39 is 22.1 Å². The van der Waals surface area contributed by atoms with E-state index in [2.05, 4.69) is 4.72 Å². The first-order chi connectivity index (χ1) is 7.34. The summed E-state index contributed by atoms with van der Waals surface area (Å²) in [6.45, 7) is 1.27. The van der Waals surface area contributed by atoms with Crippen molar-refractivity contribution < 1.29 is 23.4 Å². The van der Waals surface area contributed by atoms with Crippen molar-refractivity contribution in [1.82, 2.24) is 4.72 Å². The van der Waals surface area contributed by atoms with Gasteiger partial charge in [0, 0.05) is 6.54 Å². The van der Waals surface area contributed by atoms with Gasteiger partial charge in [0.15, 0.2) is 0 Å². The number of aliphatic hydroxyl groups excluding tert-OH is 1. The van der Waals surface area contributed by atoms with Crippen molar-refractivity contribution >= 4 is 27.3 Å². The van der Waals surface area contributed by atoms with Gasteiger partial charge in [-0.3, -0.25) is 0 Å². The monoisotopic (exact) mass is 265 g/mol. The lowest BCUT2D eigenvalue weighted by molar-refractivity contribution is 0.0698. The molecular formula is C8H11NO5S2. The lowest BCUT2D eigenvalue weighted by Crippen LogP contribution is -2.31. The summed E-state index contributed by atoms with van der Waals surface area (Å²) in [5.41, 5.74) is 0. The molecule has 0 saturated carbocycles. The fraction of sp³-hybridized carbons (Fsp3) is 0.375. The van der Waals surface area contributed by atoms with Gasteiger partial charge in [0.05, 0.1) is 6.10 Å². The number of rotatable bonds is 5. The molecular weight excluding hydrogens is 254 g/mol. The molecule has 0 saturated heterocycles. The van der Waals surface area contributed by atoms with Crippen molar-refractivity contribution in [2.24, 2.45) is 0 Å². The molecule has 0 aromatic carbocycles. The van der Waals surface area contributed by atoms with Crippen molar-refractivity contribution in [3.63, 3.8) is 0 Å². The molecule has 3 N–H and O–H groups in total. The van der Waals surface area contributed by atoms with E-state index in [9.17, 15) is 13.2 Å². The Bertz CT molecular complexity index is 476. The molecule has 1 unspecified atom stereocenters. The Balaban J connectivity index is 2.99. The second-order valence-electron chi connectivity index (χ2n) is 3.12. The third kappa shape index (κ3) is 3.01. The second kappa shape index (κ2) is 4.91. The minimum atomic E-state index is -3.87. The summed E-state index contributed by atoms with van der Waals surface area (Å²) in [6, 6.07) is 1.22. The van der Waals surface area contributed by atoms with Crippen LogP contribution in [0.4, 0.5) is 0 Å². The molecule has 1 atom stereocenters. The third-order valence-electron chi connectivity index (χ3n) is 1.68. The summed E-state index contributed by atoms with van der Waals surface area (Å²) in [6.07, 6.45) is -0.832. The Morgan fingerprint density at radius 1 is 1.62 bits per heavy atom. The van der Waals surface area contributed by atoms with Crippen LogP contribution in [0.1, 0.15) is 16.6 Å². The molecule has 8 heteroatoms. The lowest BCUT2D eigenvalue weighted by atomic mass is 10.4. The molecule has 0 amide bonds. The molecule has 6 nitrogen and oxygen atoms in total. The van der Waals surface area contributed by atoms with Gasteiger partial charge >= 0.3 is 5.97 Å². The van der Waals surface area contributed by atoms with Gasteiger partial charge in [0.25, 0.3) is 0 Å². The third-order valence-corrected chi connectivity index (χ3v) is 4.18. The molecule has 0 aliphatic heterocycles. The number of aliphatic hydroxyl groups is 1. The van der Waals surface area contributed by atoms with Crippen molar-refractivity contribution in [3.8, 4) is 0 Å². The van der Waals surface area contributed by atoms with E-state index in [4.69, 9.17) is 10.2 Å². The van der Waals surface area contributed by atoms with Crippen LogP contribution in [0.25, 0.3) is 0 Å². The first-order valence-electron chi connectivity index (χ1n) is 4.33. The van der Waals surface area contributed by atoms with Crippen LogP contribution in [0.15, 0.2) is 16.3 Å². The zero-order chi connectivity index (χ0) is 12.3. The highest BCUT2D eigenvalue weighted by atomic mass is 32.2. The number of carboxylic acids is 1. The minimum absolute atomic E-state index is 0.156. The van der Waals surface area contributed by atoms with Crippen LogP contribution < -0.4 is 4.72 Å². The molecule has 0 bridgehead atoms. The van der Waals surface area contributed by atoms with E-state index in [1.165, 1.54) is 18.4 Å². The molecule has 1 rings (SSSR count).